The molecule has 0 fully saturated rings. The van der Waals surface area contributed by atoms with Gasteiger partial charge in [0.15, 0.2) is 0 Å². The maximum absolute atomic E-state index is 5.38. The fraction of sp³-hybridized carbons (Fsp3) is 0.385. The summed E-state index contributed by atoms with van der Waals surface area (Å²) in [7, 11) is 2.01. The summed E-state index contributed by atoms with van der Waals surface area (Å²) >= 11 is 0. The minimum Gasteiger partial charge on any atom is -0.360 e. The maximum atomic E-state index is 5.38. The van der Waals surface area contributed by atoms with Gasteiger partial charge in [0.25, 0.3) is 0 Å². The van der Waals surface area contributed by atoms with Crippen molar-refractivity contribution in [3.63, 3.8) is 0 Å². The van der Waals surface area contributed by atoms with Crippen molar-refractivity contribution in [1.29, 1.82) is 0 Å². The molecule has 0 saturated heterocycles. The molecule has 0 aliphatic carbocycles. The van der Waals surface area contributed by atoms with Crippen LogP contribution in [0.1, 0.15) is 18.0 Å². The average molecular weight is 200 g/mol. The molecule has 0 saturated carbocycles. The van der Waals surface area contributed by atoms with E-state index in [0.717, 1.165) is 13.0 Å². The third-order valence-corrected chi connectivity index (χ3v) is 2.97. The van der Waals surface area contributed by atoms with E-state index in [4.69, 9.17) is 6.42 Å². The molecular weight excluding hydrogens is 184 g/mol. The largest absolute Gasteiger partial charge is 0.360 e. The third kappa shape index (κ3) is 1.84. The van der Waals surface area contributed by atoms with Gasteiger partial charge in [0.05, 0.1) is 6.54 Å². The van der Waals surface area contributed by atoms with Crippen LogP contribution in [0.25, 0.3) is 0 Å². The normalized spacial score (nSPS) is 19.5. The van der Waals surface area contributed by atoms with Crippen molar-refractivity contribution in [3.05, 3.63) is 29.8 Å². The molecular formula is C13H16N2. The fourth-order valence-corrected chi connectivity index (χ4v) is 2.21. The Morgan fingerprint density at radius 2 is 2.33 bits per heavy atom. The molecule has 1 aromatic carbocycles. The lowest BCUT2D eigenvalue weighted by atomic mass is 9.96. The van der Waals surface area contributed by atoms with E-state index in [9.17, 15) is 0 Å². The van der Waals surface area contributed by atoms with Crippen molar-refractivity contribution < 1.29 is 0 Å². The van der Waals surface area contributed by atoms with Gasteiger partial charge in [-0.05, 0) is 25.1 Å². The minimum atomic E-state index is 0.468. The van der Waals surface area contributed by atoms with E-state index in [1.807, 2.05) is 7.05 Å². The highest BCUT2D eigenvalue weighted by molar-refractivity contribution is 5.57. The van der Waals surface area contributed by atoms with Crippen LogP contribution >= 0.6 is 0 Å². The van der Waals surface area contributed by atoms with E-state index in [1.54, 1.807) is 0 Å². The molecule has 1 N–H and O–H groups in total. The smallest absolute Gasteiger partial charge is 0.0791 e. The molecule has 2 heteroatoms. The number of para-hydroxylation sites is 1. The lowest BCUT2D eigenvalue weighted by molar-refractivity contribution is 0.524. The molecule has 0 radical (unpaired) electrons. The van der Waals surface area contributed by atoms with Crippen molar-refractivity contribution in [2.75, 3.05) is 25.0 Å². The molecule has 1 atom stereocenters. The Morgan fingerprint density at radius 3 is 3.07 bits per heavy atom. The van der Waals surface area contributed by atoms with Crippen molar-refractivity contribution in [1.82, 2.24) is 5.32 Å². The zero-order valence-corrected chi connectivity index (χ0v) is 9.03. The summed E-state index contributed by atoms with van der Waals surface area (Å²) < 4.78 is 0. The van der Waals surface area contributed by atoms with E-state index in [0.29, 0.717) is 12.6 Å². The van der Waals surface area contributed by atoms with Gasteiger partial charge in [-0.25, -0.2) is 0 Å². The molecule has 2 nitrogen and oxygen atoms in total. The number of fused-ring (bicyclic) bond motifs is 1. The zero-order valence-electron chi connectivity index (χ0n) is 9.03. The summed E-state index contributed by atoms with van der Waals surface area (Å²) in [6.07, 6.45) is 6.50. The zero-order chi connectivity index (χ0) is 10.7. The summed E-state index contributed by atoms with van der Waals surface area (Å²) in [5, 5.41) is 3.34. The second-order valence-electron chi connectivity index (χ2n) is 3.81. The number of hydrogen-bond acceptors (Lipinski definition) is 2. The molecule has 0 spiro atoms. The van der Waals surface area contributed by atoms with Gasteiger partial charge >= 0.3 is 0 Å². The van der Waals surface area contributed by atoms with Gasteiger partial charge in [0, 0.05) is 18.3 Å². The molecule has 0 amide bonds. The number of terminal acetylenes is 1. The maximum Gasteiger partial charge on any atom is 0.0791 e. The first kappa shape index (κ1) is 10.1. The molecule has 1 aliphatic rings. The summed E-state index contributed by atoms with van der Waals surface area (Å²) in [6, 6.07) is 8.95. The highest BCUT2D eigenvalue weighted by Gasteiger charge is 2.22. The Bertz CT molecular complexity index is 378. The Morgan fingerprint density at radius 1 is 1.53 bits per heavy atom. The number of rotatable bonds is 2. The van der Waals surface area contributed by atoms with Crippen LogP contribution in [-0.2, 0) is 0 Å². The van der Waals surface area contributed by atoms with Crippen LogP contribution in [0.15, 0.2) is 24.3 Å². The summed E-state index contributed by atoms with van der Waals surface area (Å²) in [5.74, 6) is 2.72. The van der Waals surface area contributed by atoms with Crippen LogP contribution in [0.3, 0.4) is 0 Å². The van der Waals surface area contributed by atoms with E-state index < -0.39 is 0 Å². The monoisotopic (exact) mass is 200 g/mol. The van der Waals surface area contributed by atoms with E-state index in [-0.39, 0.29) is 0 Å². The number of benzene rings is 1. The molecule has 78 valence electrons. The Labute approximate surface area is 91.3 Å². The van der Waals surface area contributed by atoms with Crippen molar-refractivity contribution in [2.24, 2.45) is 0 Å². The van der Waals surface area contributed by atoms with Crippen LogP contribution < -0.4 is 10.2 Å². The van der Waals surface area contributed by atoms with Gasteiger partial charge in [0.1, 0.15) is 0 Å². The Kier molecular flexibility index (Phi) is 2.94. The molecule has 1 aliphatic heterocycles. The molecule has 2 rings (SSSR count). The second-order valence-corrected chi connectivity index (χ2v) is 3.81. The van der Waals surface area contributed by atoms with Gasteiger partial charge in [-0.1, -0.05) is 24.1 Å². The first-order chi connectivity index (χ1) is 7.36. The number of hydrogen-bond donors (Lipinski definition) is 1. The Hall–Kier alpha value is -1.46. The van der Waals surface area contributed by atoms with Crippen LogP contribution in [0.2, 0.25) is 0 Å². The first-order valence-corrected chi connectivity index (χ1v) is 5.31. The van der Waals surface area contributed by atoms with Crippen LogP contribution in [0.5, 0.6) is 0 Å². The number of nitrogens with zero attached hydrogens (tertiary/aromatic N) is 1. The van der Waals surface area contributed by atoms with Crippen molar-refractivity contribution in [3.8, 4) is 12.3 Å². The standard InChI is InChI=1S/C13H16N2/c1-3-9-15-10-8-12(14-2)11-6-4-5-7-13(11)15/h1,4-7,12,14H,8-10H2,2H3. The predicted molar refractivity (Wildman–Crippen MR) is 63.9 cm³/mol. The van der Waals surface area contributed by atoms with E-state index in [1.165, 1.54) is 11.3 Å². The molecule has 1 unspecified atom stereocenters. The average Bonchev–Trinajstić information content (AvgIpc) is 2.30. The SMILES string of the molecule is C#CCN1CCC(NC)c2ccccc21. The Balaban J connectivity index is 2.35. The van der Waals surface area contributed by atoms with Gasteiger partial charge in [0.2, 0.25) is 0 Å². The third-order valence-electron chi connectivity index (χ3n) is 2.97. The van der Waals surface area contributed by atoms with Crippen LogP contribution in [0, 0.1) is 12.3 Å². The molecule has 1 heterocycles. The highest BCUT2D eigenvalue weighted by Crippen LogP contribution is 2.32. The fourth-order valence-electron chi connectivity index (χ4n) is 2.21. The first-order valence-electron chi connectivity index (χ1n) is 5.31. The van der Waals surface area contributed by atoms with Gasteiger partial charge in [-0.2, -0.15) is 0 Å². The van der Waals surface area contributed by atoms with Crippen LogP contribution in [0.4, 0.5) is 5.69 Å². The number of nitrogens with one attached hydrogen (secondary N) is 1. The van der Waals surface area contributed by atoms with Gasteiger partial charge < -0.3 is 10.2 Å². The molecule has 0 aromatic heterocycles. The van der Waals surface area contributed by atoms with Crippen LogP contribution in [-0.4, -0.2) is 20.1 Å². The molecule has 0 bridgehead atoms. The topological polar surface area (TPSA) is 15.3 Å². The lowest BCUT2D eigenvalue weighted by Crippen LogP contribution is -2.34. The second kappa shape index (κ2) is 4.37. The van der Waals surface area contributed by atoms with E-state index >= 15 is 0 Å². The van der Waals surface area contributed by atoms with Gasteiger partial charge in [-0.15, -0.1) is 6.42 Å². The summed E-state index contributed by atoms with van der Waals surface area (Å²) in [6.45, 7) is 1.74. The number of anilines is 1. The summed E-state index contributed by atoms with van der Waals surface area (Å²) in [4.78, 5) is 2.27. The highest BCUT2D eigenvalue weighted by atomic mass is 15.1. The lowest BCUT2D eigenvalue weighted by Gasteiger charge is -2.34. The molecule has 15 heavy (non-hydrogen) atoms. The van der Waals surface area contributed by atoms with E-state index in [2.05, 4.69) is 40.4 Å². The van der Waals surface area contributed by atoms with Crippen molar-refractivity contribution in [2.45, 2.75) is 12.5 Å². The van der Waals surface area contributed by atoms with Crippen molar-refractivity contribution >= 4 is 5.69 Å². The summed E-state index contributed by atoms with van der Waals surface area (Å²) in [5.41, 5.74) is 2.64. The van der Waals surface area contributed by atoms with Gasteiger partial charge in [-0.3, -0.25) is 0 Å². The quantitative estimate of drug-likeness (QED) is 0.732. The predicted octanol–water partition coefficient (Wildman–Crippen LogP) is 1.79. The minimum absolute atomic E-state index is 0.468. The molecule has 1 aromatic rings.